The molecule has 8 heteroatoms. The Labute approximate surface area is 181 Å². The van der Waals surface area contributed by atoms with Gasteiger partial charge in [-0.15, -0.1) is 0 Å². The Kier molecular flexibility index (Phi) is 5.16. The third kappa shape index (κ3) is 3.50. The predicted molar refractivity (Wildman–Crippen MR) is 107 cm³/mol. The lowest BCUT2D eigenvalue weighted by atomic mass is 9.58. The van der Waals surface area contributed by atoms with Gasteiger partial charge in [0.15, 0.2) is 18.5 Å². The summed E-state index contributed by atoms with van der Waals surface area (Å²) in [4.78, 5) is 22.6. The summed E-state index contributed by atoms with van der Waals surface area (Å²) >= 11 is 0. The van der Waals surface area contributed by atoms with Gasteiger partial charge >= 0.3 is 5.97 Å². The summed E-state index contributed by atoms with van der Waals surface area (Å²) in [5.41, 5.74) is -0.610. The number of rotatable bonds is 5. The van der Waals surface area contributed by atoms with Gasteiger partial charge in [0.05, 0.1) is 0 Å². The third-order valence-electron chi connectivity index (χ3n) is 7.54. The van der Waals surface area contributed by atoms with E-state index in [1.54, 1.807) is 24.3 Å². The maximum absolute atomic E-state index is 10.7. The molecule has 5 aliphatic rings. The highest BCUT2D eigenvalue weighted by atomic mass is 17.3. The lowest BCUT2D eigenvalue weighted by molar-refractivity contribution is -0.575. The highest BCUT2D eigenvalue weighted by Gasteiger charge is 2.69. The number of fused-ring (bicyclic) bond motifs is 2. The molecule has 4 saturated heterocycles. The number of carboxylic acid groups (broad SMARTS) is 1. The molecule has 5 fully saturated rings. The molecule has 4 aliphatic heterocycles. The molecule has 1 aliphatic carbocycles. The molecule has 4 heterocycles. The van der Waals surface area contributed by atoms with Crippen molar-refractivity contribution in [3.8, 4) is 11.5 Å². The SMILES string of the molecule is C[C@H]1[C@@H](Oc2ccc(OCC(=O)O)cc2)OC2O[C@]3(C)CCC4[C@H](C)CC[C@@H]1[C@@]24OO3. The fraction of sp³-hybridized carbons (Fsp3) is 0.696. The molecule has 0 amide bonds. The van der Waals surface area contributed by atoms with E-state index in [9.17, 15) is 4.79 Å². The van der Waals surface area contributed by atoms with Crippen molar-refractivity contribution in [1.29, 1.82) is 0 Å². The number of hydrogen-bond acceptors (Lipinski definition) is 7. The summed E-state index contributed by atoms with van der Waals surface area (Å²) in [6.07, 6.45) is 2.86. The fourth-order valence-electron chi connectivity index (χ4n) is 5.90. The number of aliphatic carboxylic acids is 1. The first-order valence-electron chi connectivity index (χ1n) is 11.1. The second-order valence-corrected chi connectivity index (χ2v) is 9.55. The summed E-state index contributed by atoms with van der Waals surface area (Å²) < 4.78 is 24.2. The highest BCUT2D eigenvalue weighted by molar-refractivity contribution is 5.68. The monoisotopic (exact) mass is 434 g/mol. The van der Waals surface area contributed by atoms with E-state index in [2.05, 4.69) is 13.8 Å². The van der Waals surface area contributed by atoms with Crippen LogP contribution < -0.4 is 9.47 Å². The normalized spacial score (nSPS) is 43.6. The molecule has 8 nitrogen and oxygen atoms in total. The predicted octanol–water partition coefficient (Wildman–Crippen LogP) is 3.74. The number of ether oxygens (including phenoxy) is 4. The largest absolute Gasteiger partial charge is 0.482 e. The molecular weight excluding hydrogens is 404 g/mol. The molecule has 1 spiro atoms. The number of carboxylic acids is 1. The molecule has 8 atom stereocenters. The zero-order chi connectivity index (χ0) is 21.8. The summed E-state index contributed by atoms with van der Waals surface area (Å²) in [5.74, 6) is 0.356. The van der Waals surface area contributed by atoms with Gasteiger partial charge in [0.25, 0.3) is 0 Å². The maximum Gasteiger partial charge on any atom is 0.341 e. The minimum Gasteiger partial charge on any atom is -0.482 e. The van der Waals surface area contributed by atoms with Crippen LogP contribution in [-0.4, -0.2) is 41.7 Å². The van der Waals surface area contributed by atoms with Gasteiger partial charge < -0.3 is 24.1 Å². The van der Waals surface area contributed by atoms with E-state index < -0.39 is 29.9 Å². The number of carbonyl (C=O) groups is 1. The summed E-state index contributed by atoms with van der Waals surface area (Å²) in [7, 11) is 0. The van der Waals surface area contributed by atoms with E-state index in [4.69, 9.17) is 33.8 Å². The molecule has 1 aromatic carbocycles. The van der Waals surface area contributed by atoms with Gasteiger partial charge in [0.2, 0.25) is 12.1 Å². The van der Waals surface area contributed by atoms with Gasteiger partial charge in [0.1, 0.15) is 11.5 Å². The fourth-order valence-corrected chi connectivity index (χ4v) is 5.90. The van der Waals surface area contributed by atoms with E-state index in [0.29, 0.717) is 23.3 Å². The molecule has 2 unspecified atom stereocenters. The lowest BCUT2D eigenvalue weighted by Crippen LogP contribution is -2.70. The summed E-state index contributed by atoms with van der Waals surface area (Å²) in [5, 5.41) is 8.74. The molecule has 0 radical (unpaired) electrons. The zero-order valence-electron chi connectivity index (χ0n) is 18.1. The van der Waals surface area contributed by atoms with Crippen LogP contribution >= 0.6 is 0 Å². The second-order valence-electron chi connectivity index (χ2n) is 9.55. The van der Waals surface area contributed by atoms with Crippen molar-refractivity contribution in [2.75, 3.05) is 6.61 Å². The van der Waals surface area contributed by atoms with Crippen LogP contribution in [0.4, 0.5) is 0 Å². The minimum atomic E-state index is -1.02. The standard InChI is InChI=1S/C23H30O8/c1-13-4-9-18-14(2)20(27-16-7-5-15(6-8-16)26-12-19(24)25)28-21-23(18)17(13)10-11-22(3,29-21)30-31-23/h5-8,13-14,17-18,20-21H,4,9-12H2,1-3H3,(H,24,25)/t13-,14-,17?,18+,20+,21?,22+,23-/m1/s1. The molecule has 1 aromatic rings. The van der Waals surface area contributed by atoms with E-state index in [-0.39, 0.29) is 18.4 Å². The van der Waals surface area contributed by atoms with Crippen LogP contribution in [-0.2, 0) is 24.0 Å². The van der Waals surface area contributed by atoms with Gasteiger partial charge in [0, 0.05) is 18.3 Å². The second kappa shape index (κ2) is 7.62. The first kappa shape index (κ1) is 21.0. The Morgan fingerprint density at radius 1 is 1.10 bits per heavy atom. The number of hydrogen-bond donors (Lipinski definition) is 1. The summed E-state index contributed by atoms with van der Waals surface area (Å²) in [6, 6.07) is 6.89. The van der Waals surface area contributed by atoms with Crippen LogP contribution in [0.5, 0.6) is 11.5 Å². The van der Waals surface area contributed by atoms with Crippen molar-refractivity contribution in [2.45, 2.75) is 70.4 Å². The minimum absolute atomic E-state index is 0.0730. The van der Waals surface area contributed by atoms with Gasteiger partial charge in [-0.1, -0.05) is 13.8 Å². The highest BCUT2D eigenvalue weighted by Crippen LogP contribution is 2.60. The quantitative estimate of drug-likeness (QED) is 0.701. The Balaban J connectivity index is 1.37. The Morgan fingerprint density at radius 2 is 1.84 bits per heavy atom. The zero-order valence-corrected chi connectivity index (χ0v) is 18.1. The first-order chi connectivity index (χ1) is 14.8. The average molecular weight is 434 g/mol. The van der Waals surface area contributed by atoms with Gasteiger partial charge in [-0.3, -0.25) is 0 Å². The maximum atomic E-state index is 10.7. The third-order valence-corrected chi connectivity index (χ3v) is 7.54. The van der Waals surface area contributed by atoms with Crippen LogP contribution in [0.2, 0.25) is 0 Å². The Hall–Kier alpha value is -1.87. The van der Waals surface area contributed by atoms with E-state index in [0.717, 1.165) is 25.7 Å². The number of benzene rings is 1. The van der Waals surface area contributed by atoms with Crippen LogP contribution in [0.1, 0.15) is 46.5 Å². The van der Waals surface area contributed by atoms with Crippen molar-refractivity contribution < 1.29 is 38.6 Å². The smallest absolute Gasteiger partial charge is 0.341 e. The Bertz CT molecular complexity index is 827. The molecule has 2 bridgehead atoms. The molecule has 0 aromatic heterocycles. The molecule has 6 rings (SSSR count). The van der Waals surface area contributed by atoms with Gasteiger partial charge in [-0.25, -0.2) is 14.6 Å². The van der Waals surface area contributed by atoms with Gasteiger partial charge in [-0.05, 0) is 62.3 Å². The topological polar surface area (TPSA) is 92.7 Å². The van der Waals surface area contributed by atoms with Crippen molar-refractivity contribution in [3.05, 3.63) is 24.3 Å². The van der Waals surface area contributed by atoms with Crippen molar-refractivity contribution in [3.63, 3.8) is 0 Å². The van der Waals surface area contributed by atoms with Crippen molar-refractivity contribution in [2.24, 2.45) is 23.7 Å². The molecular formula is C23H30O8. The molecule has 31 heavy (non-hydrogen) atoms. The molecule has 1 saturated carbocycles. The van der Waals surface area contributed by atoms with Gasteiger partial charge in [-0.2, -0.15) is 0 Å². The average Bonchev–Trinajstić information content (AvgIpc) is 2.97. The van der Waals surface area contributed by atoms with Crippen LogP contribution in [0.3, 0.4) is 0 Å². The van der Waals surface area contributed by atoms with E-state index in [1.807, 2.05) is 6.92 Å². The first-order valence-corrected chi connectivity index (χ1v) is 11.1. The van der Waals surface area contributed by atoms with Crippen molar-refractivity contribution in [1.82, 2.24) is 0 Å². The van der Waals surface area contributed by atoms with Crippen LogP contribution in [0, 0.1) is 23.7 Å². The Morgan fingerprint density at radius 3 is 2.58 bits per heavy atom. The van der Waals surface area contributed by atoms with Crippen molar-refractivity contribution >= 4 is 5.97 Å². The van der Waals surface area contributed by atoms with E-state index >= 15 is 0 Å². The summed E-state index contributed by atoms with van der Waals surface area (Å²) in [6.45, 7) is 5.95. The molecule has 170 valence electrons. The van der Waals surface area contributed by atoms with Crippen LogP contribution in [0.15, 0.2) is 24.3 Å². The lowest BCUT2D eigenvalue weighted by Gasteiger charge is -2.60. The van der Waals surface area contributed by atoms with Crippen LogP contribution in [0.25, 0.3) is 0 Å². The van der Waals surface area contributed by atoms with E-state index in [1.165, 1.54) is 0 Å². The molecule has 1 N–H and O–H groups in total.